The van der Waals surface area contributed by atoms with Crippen molar-refractivity contribution in [3.05, 3.63) is 102 Å². The number of carbonyl (C=O) groups is 1. The predicted molar refractivity (Wildman–Crippen MR) is 111 cm³/mol. The average Bonchev–Trinajstić information content (AvgIpc) is 3.08. The van der Waals surface area contributed by atoms with E-state index in [0.29, 0.717) is 11.6 Å². The van der Waals surface area contributed by atoms with Gasteiger partial charge in [-0.3, -0.25) is 4.79 Å². The van der Waals surface area contributed by atoms with E-state index in [1.807, 2.05) is 24.3 Å². The summed E-state index contributed by atoms with van der Waals surface area (Å²) in [5, 5.41) is 0. The van der Waals surface area contributed by atoms with Gasteiger partial charge in [0, 0.05) is 22.5 Å². The van der Waals surface area contributed by atoms with Gasteiger partial charge in [-0.05, 0) is 47.4 Å². The Balaban J connectivity index is 1.63. The molecule has 0 aromatic heterocycles. The summed E-state index contributed by atoms with van der Waals surface area (Å²) in [5.74, 6) is 0. The molecule has 130 valence electrons. The van der Waals surface area contributed by atoms with Crippen molar-refractivity contribution in [2.45, 2.75) is 12.5 Å². The molecule has 1 aliphatic heterocycles. The molecule has 2 heteroatoms. The van der Waals surface area contributed by atoms with Gasteiger partial charge in [0.2, 0.25) is 0 Å². The third-order valence-corrected chi connectivity index (χ3v) is 5.42. The van der Waals surface area contributed by atoms with E-state index in [1.165, 1.54) is 28.1 Å². The predicted octanol–water partition coefficient (Wildman–Crippen LogP) is 6.03. The number of nitrogens with zero attached hydrogens (tertiary/aromatic N) is 1. The highest BCUT2D eigenvalue weighted by Crippen LogP contribution is 2.48. The molecule has 0 fully saturated rings. The van der Waals surface area contributed by atoms with Crippen LogP contribution in [0.1, 0.15) is 22.3 Å². The fraction of sp³-hybridized carbons (Fsp3) is 0.0800. The molecule has 0 amide bonds. The number of fused-ring (bicyclic) bond motifs is 3. The zero-order valence-electron chi connectivity index (χ0n) is 14.9. The lowest BCUT2D eigenvalue weighted by Crippen LogP contribution is -2.26. The Morgan fingerprint density at radius 1 is 0.889 bits per heavy atom. The summed E-state index contributed by atoms with van der Waals surface area (Å²) < 4.78 is 0. The summed E-state index contributed by atoms with van der Waals surface area (Å²) in [6.07, 6.45) is 8.55. The summed E-state index contributed by atoms with van der Waals surface area (Å²) in [5.41, 5.74) is 8.17. The molecule has 1 unspecified atom stereocenters. The maximum Gasteiger partial charge on any atom is 0.150 e. The number of hydrogen-bond donors (Lipinski definition) is 0. The van der Waals surface area contributed by atoms with Crippen LogP contribution in [0.2, 0.25) is 0 Å². The van der Waals surface area contributed by atoms with Gasteiger partial charge in [0.25, 0.3) is 0 Å². The van der Waals surface area contributed by atoms with E-state index in [9.17, 15) is 4.79 Å². The largest absolute Gasteiger partial charge is 0.333 e. The van der Waals surface area contributed by atoms with Gasteiger partial charge in [0.05, 0.1) is 6.04 Å². The lowest BCUT2D eigenvalue weighted by atomic mass is 9.93. The second kappa shape index (κ2) is 6.40. The molecule has 1 atom stereocenters. The van der Waals surface area contributed by atoms with Gasteiger partial charge in [0.15, 0.2) is 0 Å². The first-order valence-electron chi connectivity index (χ1n) is 9.26. The van der Waals surface area contributed by atoms with Crippen LogP contribution in [0, 0.1) is 0 Å². The van der Waals surface area contributed by atoms with Gasteiger partial charge < -0.3 is 4.90 Å². The Labute approximate surface area is 159 Å². The topological polar surface area (TPSA) is 20.3 Å². The first-order valence-corrected chi connectivity index (χ1v) is 9.26. The highest BCUT2D eigenvalue weighted by molar-refractivity contribution is 5.95. The first kappa shape index (κ1) is 15.8. The minimum atomic E-state index is 0.347. The third-order valence-electron chi connectivity index (χ3n) is 5.42. The Hall–Kier alpha value is -3.39. The molecule has 0 N–H and O–H groups in total. The molecule has 0 saturated carbocycles. The van der Waals surface area contributed by atoms with Gasteiger partial charge in [-0.25, -0.2) is 0 Å². The van der Waals surface area contributed by atoms with E-state index in [2.05, 4.69) is 71.7 Å². The lowest BCUT2D eigenvalue weighted by Gasteiger charge is -2.28. The summed E-state index contributed by atoms with van der Waals surface area (Å²) in [7, 11) is 0. The van der Waals surface area contributed by atoms with Gasteiger partial charge in [-0.15, -0.1) is 0 Å². The van der Waals surface area contributed by atoms with Gasteiger partial charge in [0.1, 0.15) is 6.29 Å². The summed E-state index contributed by atoms with van der Waals surface area (Å²) in [4.78, 5) is 13.4. The highest BCUT2D eigenvalue weighted by Gasteiger charge is 2.34. The molecular formula is C25H19NO. The van der Waals surface area contributed by atoms with Crippen molar-refractivity contribution in [2.75, 3.05) is 4.90 Å². The van der Waals surface area contributed by atoms with E-state index in [-0.39, 0.29) is 0 Å². The minimum absolute atomic E-state index is 0.347. The Bertz CT molecular complexity index is 1060. The van der Waals surface area contributed by atoms with E-state index in [1.54, 1.807) is 0 Å². The second-order valence-corrected chi connectivity index (χ2v) is 6.98. The van der Waals surface area contributed by atoms with Crippen molar-refractivity contribution in [3.63, 3.8) is 0 Å². The molecule has 5 rings (SSSR count). The molecule has 0 radical (unpaired) electrons. The lowest BCUT2D eigenvalue weighted by molar-refractivity contribution is 0.112. The second-order valence-electron chi connectivity index (χ2n) is 6.98. The smallest absolute Gasteiger partial charge is 0.150 e. The maximum absolute atomic E-state index is 10.9. The minimum Gasteiger partial charge on any atom is -0.333 e. The molecule has 0 spiro atoms. The van der Waals surface area contributed by atoms with E-state index < -0.39 is 0 Å². The van der Waals surface area contributed by atoms with Gasteiger partial charge in [-0.2, -0.15) is 0 Å². The number of aldehydes is 1. The number of carbonyl (C=O) groups excluding carboxylic acids is 1. The number of para-hydroxylation sites is 1. The average molecular weight is 349 g/mol. The van der Waals surface area contributed by atoms with E-state index >= 15 is 0 Å². The van der Waals surface area contributed by atoms with Crippen LogP contribution < -0.4 is 4.90 Å². The molecule has 0 bridgehead atoms. The monoisotopic (exact) mass is 349 g/mol. The van der Waals surface area contributed by atoms with Crippen molar-refractivity contribution in [1.29, 1.82) is 0 Å². The van der Waals surface area contributed by atoms with Crippen LogP contribution in [0.15, 0.2) is 91.0 Å². The fourth-order valence-electron chi connectivity index (χ4n) is 4.12. The molecule has 1 heterocycles. The Morgan fingerprint density at radius 2 is 1.67 bits per heavy atom. The van der Waals surface area contributed by atoms with E-state index in [4.69, 9.17) is 0 Å². The van der Waals surface area contributed by atoms with E-state index in [0.717, 1.165) is 18.3 Å². The summed E-state index contributed by atoms with van der Waals surface area (Å²) in [6, 6.07) is 25.4. The zero-order valence-corrected chi connectivity index (χ0v) is 14.9. The molecule has 1 aliphatic carbocycles. The van der Waals surface area contributed by atoms with Crippen molar-refractivity contribution in [3.8, 4) is 11.1 Å². The van der Waals surface area contributed by atoms with Crippen molar-refractivity contribution in [1.82, 2.24) is 0 Å². The van der Waals surface area contributed by atoms with Gasteiger partial charge in [-0.1, -0.05) is 66.8 Å². The van der Waals surface area contributed by atoms with Crippen molar-refractivity contribution in [2.24, 2.45) is 0 Å². The highest BCUT2D eigenvalue weighted by atomic mass is 16.1. The number of benzene rings is 3. The quantitative estimate of drug-likeness (QED) is 0.538. The molecule has 0 saturated heterocycles. The zero-order chi connectivity index (χ0) is 18.2. The Kier molecular flexibility index (Phi) is 3.75. The van der Waals surface area contributed by atoms with Crippen LogP contribution in [0.3, 0.4) is 0 Å². The van der Waals surface area contributed by atoms with Crippen LogP contribution in [-0.2, 0) is 0 Å². The SMILES string of the molecule is O=Cc1ccc(-c2ccc3c(c2)C2=CC=CCC2N3c2ccccc2)cc1. The molecular weight excluding hydrogens is 330 g/mol. The van der Waals surface area contributed by atoms with Crippen molar-refractivity contribution >= 4 is 23.2 Å². The number of anilines is 2. The van der Waals surface area contributed by atoms with Crippen LogP contribution in [0.25, 0.3) is 16.7 Å². The Morgan fingerprint density at radius 3 is 2.44 bits per heavy atom. The molecule has 3 aromatic rings. The van der Waals surface area contributed by atoms with Crippen LogP contribution in [-0.4, -0.2) is 12.3 Å². The third kappa shape index (κ3) is 2.61. The summed E-state index contributed by atoms with van der Waals surface area (Å²) >= 11 is 0. The van der Waals surface area contributed by atoms with Crippen LogP contribution >= 0.6 is 0 Å². The van der Waals surface area contributed by atoms with Crippen LogP contribution in [0.5, 0.6) is 0 Å². The molecule has 2 aliphatic rings. The normalized spacial score (nSPS) is 17.3. The number of hydrogen-bond acceptors (Lipinski definition) is 2. The maximum atomic E-state index is 10.9. The molecule has 3 aromatic carbocycles. The van der Waals surface area contributed by atoms with Crippen molar-refractivity contribution < 1.29 is 4.79 Å². The summed E-state index contributed by atoms with van der Waals surface area (Å²) in [6.45, 7) is 0. The van der Waals surface area contributed by atoms with Crippen LogP contribution in [0.4, 0.5) is 11.4 Å². The molecule has 2 nitrogen and oxygen atoms in total. The fourth-order valence-corrected chi connectivity index (χ4v) is 4.12. The molecule has 27 heavy (non-hydrogen) atoms. The first-order chi connectivity index (χ1) is 13.3. The standard InChI is InChI=1S/C25H19NO/c27-17-18-10-12-19(13-11-18)20-14-15-25-23(16-20)22-8-4-5-9-24(22)26(25)21-6-2-1-3-7-21/h1-8,10-17,24H,9H2. The van der Waals surface area contributed by atoms with Gasteiger partial charge >= 0.3 is 0 Å². The number of allylic oxidation sites excluding steroid dienone is 2. The number of rotatable bonds is 3.